The molecule has 2 heterocycles. The number of carbonyl (C=O) groups excluding carboxylic acids is 1. The van der Waals surface area contributed by atoms with E-state index in [1.54, 1.807) is 13.3 Å². The van der Waals surface area contributed by atoms with E-state index in [0.29, 0.717) is 25.6 Å². The van der Waals surface area contributed by atoms with Crippen LogP contribution in [0.25, 0.3) is 0 Å². The highest BCUT2D eigenvalue weighted by atomic mass is 35.5. The number of nitrogens with zero attached hydrogens (tertiary/aromatic N) is 2. The van der Waals surface area contributed by atoms with Gasteiger partial charge in [-0.2, -0.15) is 0 Å². The van der Waals surface area contributed by atoms with Crippen molar-refractivity contribution in [2.24, 2.45) is 0 Å². The first-order chi connectivity index (χ1) is 10.3. The Balaban J connectivity index is 0.00000242. The number of aromatic nitrogens is 1. The zero-order valence-electron chi connectivity index (χ0n) is 13.2. The van der Waals surface area contributed by atoms with Crippen molar-refractivity contribution in [2.75, 3.05) is 26.8 Å². The number of amides is 1. The Hall–Kier alpha value is -1.17. The zero-order chi connectivity index (χ0) is 14.9. The average molecular weight is 328 g/mol. The van der Waals surface area contributed by atoms with Crippen molar-refractivity contribution in [3.8, 4) is 0 Å². The van der Waals surface area contributed by atoms with E-state index in [0.717, 1.165) is 38.0 Å². The van der Waals surface area contributed by atoms with Crippen molar-refractivity contribution in [1.29, 1.82) is 0 Å². The van der Waals surface area contributed by atoms with Crippen molar-refractivity contribution in [2.45, 2.75) is 38.3 Å². The zero-order valence-corrected chi connectivity index (χ0v) is 14.0. The summed E-state index contributed by atoms with van der Waals surface area (Å²) in [5, 5.41) is 3.40. The van der Waals surface area contributed by atoms with Crippen LogP contribution in [-0.2, 0) is 16.1 Å². The molecule has 1 amide bonds. The molecule has 1 aliphatic rings. The normalized spacial score (nSPS) is 18.1. The smallest absolute Gasteiger partial charge is 0.225 e. The predicted octanol–water partition coefficient (Wildman–Crippen LogP) is 2.01. The topological polar surface area (TPSA) is 54.5 Å². The molecular formula is C16H26ClN3O2. The van der Waals surface area contributed by atoms with Crippen LogP contribution in [-0.4, -0.2) is 48.6 Å². The summed E-state index contributed by atoms with van der Waals surface area (Å²) >= 11 is 0. The van der Waals surface area contributed by atoms with Crippen LogP contribution < -0.4 is 5.32 Å². The van der Waals surface area contributed by atoms with Crippen LogP contribution in [0, 0.1) is 0 Å². The fraction of sp³-hybridized carbons (Fsp3) is 0.625. The van der Waals surface area contributed by atoms with Crippen molar-refractivity contribution in [1.82, 2.24) is 15.2 Å². The Kier molecular flexibility index (Phi) is 9.04. The maximum absolute atomic E-state index is 12.5. The van der Waals surface area contributed by atoms with Gasteiger partial charge >= 0.3 is 0 Å². The van der Waals surface area contributed by atoms with Crippen molar-refractivity contribution < 1.29 is 9.53 Å². The summed E-state index contributed by atoms with van der Waals surface area (Å²) in [5.74, 6) is 0.161. The number of hydrogen-bond donors (Lipinski definition) is 1. The van der Waals surface area contributed by atoms with Crippen molar-refractivity contribution in [3.05, 3.63) is 30.1 Å². The van der Waals surface area contributed by atoms with Gasteiger partial charge in [-0.1, -0.05) is 6.07 Å². The molecule has 0 aliphatic carbocycles. The molecule has 0 bridgehead atoms. The van der Waals surface area contributed by atoms with Gasteiger partial charge in [-0.15, -0.1) is 12.4 Å². The second-order valence-corrected chi connectivity index (χ2v) is 5.42. The SMILES string of the molecule is COCCC(=O)N(Cc1ccccn1)C1CCCNCC1.Cl. The molecule has 22 heavy (non-hydrogen) atoms. The third kappa shape index (κ3) is 5.91. The van der Waals surface area contributed by atoms with Gasteiger partial charge in [0.25, 0.3) is 0 Å². The average Bonchev–Trinajstić information content (AvgIpc) is 2.80. The lowest BCUT2D eigenvalue weighted by atomic mass is 10.1. The summed E-state index contributed by atoms with van der Waals surface area (Å²) in [6.07, 6.45) is 5.39. The van der Waals surface area contributed by atoms with Crippen LogP contribution in [0.15, 0.2) is 24.4 Å². The van der Waals surface area contributed by atoms with E-state index in [9.17, 15) is 4.79 Å². The summed E-state index contributed by atoms with van der Waals surface area (Å²) in [6.45, 7) is 3.08. The molecule has 0 saturated carbocycles. The quantitative estimate of drug-likeness (QED) is 0.868. The number of pyridine rings is 1. The lowest BCUT2D eigenvalue weighted by molar-refractivity contribution is -0.135. The molecule has 0 aromatic carbocycles. The monoisotopic (exact) mass is 327 g/mol. The second kappa shape index (κ2) is 10.5. The molecule has 1 atom stereocenters. The van der Waals surface area contributed by atoms with Gasteiger partial charge in [0, 0.05) is 19.3 Å². The molecule has 1 unspecified atom stereocenters. The summed E-state index contributed by atoms with van der Waals surface area (Å²) in [4.78, 5) is 18.9. The Morgan fingerprint density at radius 2 is 2.27 bits per heavy atom. The first-order valence-electron chi connectivity index (χ1n) is 7.70. The predicted molar refractivity (Wildman–Crippen MR) is 89.0 cm³/mol. The number of carbonyl (C=O) groups is 1. The van der Waals surface area contributed by atoms with Crippen LogP contribution in [0.5, 0.6) is 0 Å². The number of halogens is 1. The molecule has 1 aliphatic heterocycles. The maximum Gasteiger partial charge on any atom is 0.225 e. The first-order valence-corrected chi connectivity index (χ1v) is 7.70. The van der Waals surface area contributed by atoms with E-state index >= 15 is 0 Å². The fourth-order valence-corrected chi connectivity index (χ4v) is 2.73. The Morgan fingerprint density at radius 3 is 3.00 bits per heavy atom. The summed E-state index contributed by atoms with van der Waals surface area (Å²) in [5.41, 5.74) is 0.945. The Labute approximate surface area is 138 Å². The van der Waals surface area contributed by atoms with Gasteiger partial charge in [0.15, 0.2) is 0 Å². The maximum atomic E-state index is 12.5. The lowest BCUT2D eigenvalue weighted by Gasteiger charge is -2.31. The van der Waals surface area contributed by atoms with E-state index in [-0.39, 0.29) is 18.3 Å². The highest BCUT2D eigenvalue weighted by molar-refractivity contribution is 5.85. The van der Waals surface area contributed by atoms with E-state index in [1.807, 2.05) is 23.1 Å². The van der Waals surface area contributed by atoms with Crippen LogP contribution >= 0.6 is 12.4 Å². The number of nitrogens with one attached hydrogen (secondary N) is 1. The fourth-order valence-electron chi connectivity index (χ4n) is 2.73. The summed E-state index contributed by atoms with van der Waals surface area (Å²) < 4.78 is 5.05. The summed E-state index contributed by atoms with van der Waals surface area (Å²) in [6, 6.07) is 6.14. The van der Waals surface area contributed by atoms with Gasteiger partial charge in [0.05, 0.1) is 25.3 Å². The molecule has 6 heteroatoms. The number of rotatable bonds is 6. The second-order valence-electron chi connectivity index (χ2n) is 5.42. The van der Waals surface area contributed by atoms with E-state index in [1.165, 1.54) is 0 Å². The molecular weight excluding hydrogens is 302 g/mol. The number of ether oxygens (including phenoxy) is 1. The Bertz CT molecular complexity index is 423. The first kappa shape index (κ1) is 18.9. The molecule has 1 N–H and O–H groups in total. The largest absolute Gasteiger partial charge is 0.384 e. The van der Waals surface area contributed by atoms with Crippen LogP contribution in [0.1, 0.15) is 31.4 Å². The Morgan fingerprint density at radius 1 is 1.41 bits per heavy atom. The van der Waals surface area contributed by atoms with Crippen LogP contribution in [0.4, 0.5) is 0 Å². The molecule has 2 rings (SSSR count). The third-order valence-electron chi connectivity index (χ3n) is 3.88. The van der Waals surface area contributed by atoms with E-state index in [2.05, 4.69) is 10.3 Å². The van der Waals surface area contributed by atoms with Gasteiger partial charge in [-0.3, -0.25) is 9.78 Å². The lowest BCUT2D eigenvalue weighted by Crippen LogP contribution is -2.40. The minimum atomic E-state index is 0. The molecule has 1 saturated heterocycles. The van der Waals surface area contributed by atoms with Crippen LogP contribution in [0.3, 0.4) is 0 Å². The van der Waals surface area contributed by atoms with E-state index < -0.39 is 0 Å². The highest BCUT2D eigenvalue weighted by Gasteiger charge is 2.24. The highest BCUT2D eigenvalue weighted by Crippen LogP contribution is 2.17. The minimum absolute atomic E-state index is 0. The molecule has 0 spiro atoms. The molecule has 1 aromatic heterocycles. The summed E-state index contributed by atoms with van der Waals surface area (Å²) in [7, 11) is 1.63. The molecule has 1 fully saturated rings. The molecule has 1 aromatic rings. The van der Waals surface area contributed by atoms with Crippen LogP contribution in [0.2, 0.25) is 0 Å². The van der Waals surface area contributed by atoms with E-state index in [4.69, 9.17) is 4.74 Å². The van der Waals surface area contributed by atoms with Gasteiger partial charge in [0.1, 0.15) is 0 Å². The van der Waals surface area contributed by atoms with Crippen molar-refractivity contribution in [3.63, 3.8) is 0 Å². The standard InChI is InChI=1S/C16H25N3O2.ClH/c1-21-12-8-16(20)19(13-14-5-2-3-10-18-14)15-6-4-9-17-11-7-15;/h2-3,5,10,15,17H,4,6-9,11-13H2,1H3;1H. The minimum Gasteiger partial charge on any atom is -0.384 e. The third-order valence-corrected chi connectivity index (χ3v) is 3.88. The number of methoxy groups -OCH3 is 1. The van der Waals surface area contributed by atoms with Gasteiger partial charge in [0.2, 0.25) is 5.91 Å². The number of hydrogen-bond acceptors (Lipinski definition) is 4. The molecule has 0 radical (unpaired) electrons. The molecule has 124 valence electrons. The van der Waals surface area contributed by atoms with Gasteiger partial charge < -0.3 is 15.0 Å². The molecule has 5 nitrogen and oxygen atoms in total. The van der Waals surface area contributed by atoms with Crippen molar-refractivity contribution >= 4 is 18.3 Å². The van der Waals surface area contributed by atoms with Gasteiger partial charge in [-0.25, -0.2) is 0 Å². The van der Waals surface area contributed by atoms with Gasteiger partial charge in [-0.05, 0) is 44.5 Å².